The Hall–Kier alpha value is -2.39. The number of benzene rings is 2. The van der Waals surface area contributed by atoms with Crippen molar-refractivity contribution in [2.75, 3.05) is 19.4 Å². The van der Waals surface area contributed by atoms with Gasteiger partial charge in [-0.3, -0.25) is 9.59 Å². The van der Waals surface area contributed by atoms with Crippen molar-refractivity contribution in [1.29, 1.82) is 0 Å². The second-order valence-electron chi connectivity index (χ2n) is 6.94. The van der Waals surface area contributed by atoms with Crippen LogP contribution in [0.2, 0.25) is 0 Å². The highest BCUT2D eigenvalue weighted by atomic mass is 31.1. The molecule has 1 unspecified atom stereocenters. The van der Waals surface area contributed by atoms with Gasteiger partial charge in [-0.15, -0.1) is 0 Å². The van der Waals surface area contributed by atoms with Crippen molar-refractivity contribution in [2.24, 2.45) is 0 Å². The normalized spacial score (nSPS) is 11.8. The van der Waals surface area contributed by atoms with Crippen molar-refractivity contribution in [1.82, 2.24) is 0 Å². The van der Waals surface area contributed by atoms with Crippen LogP contribution in [0.1, 0.15) is 57.7 Å². The van der Waals surface area contributed by atoms with Gasteiger partial charge in [-0.2, -0.15) is 0 Å². The minimum Gasteiger partial charge on any atom is -0.493 e. The molecule has 0 bridgehead atoms. The molecule has 0 amide bonds. The van der Waals surface area contributed by atoms with E-state index in [0.717, 1.165) is 16.7 Å². The lowest BCUT2D eigenvalue weighted by atomic mass is 10.0. The van der Waals surface area contributed by atoms with Gasteiger partial charge in [0.05, 0.1) is 13.2 Å². The van der Waals surface area contributed by atoms with E-state index in [2.05, 4.69) is 0 Å². The molecule has 29 heavy (non-hydrogen) atoms. The number of hydrogen-bond donors (Lipinski definition) is 0. The maximum atomic E-state index is 12.9. The highest BCUT2D eigenvalue weighted by Gasteiger charge is 2.23. The zero-order chi connectivity index (χ0) is 21.6. The molecule has 0 fully saturated rings. The van der Waals surface area contributed by atoms with Crippen LogP contribution in [0, 0.1) is 20.8 Å². The van der Waals surface area contributed by atoms with Crippen molar-refractivity contribution in [3.63, 3.8) is 0 Å². The smallest absolute Gasteiger partial charge is 0.219 e. The lowest BCUT2D eigenvalue weighted by molar-refractivity contribution is 0.0981. The highest BCUT2D eigenvalue weighted by Crippen LogP contribution is 2.34. The first kappa shape index (κ1) is 22.9. The van der Waals surface area contributed by atoms with Crippen LogP contribution in [0.4, 0.5) is 0 Å². The molecule has 2 aromatic rings. The average molecular weight is 416 g/mol. The molecule has 0 N–H and O–H groups in total. The molecule has 0 aliphatic carbocycles. The molecule has 5 nitrogen and oxygen atoms in total. The van der Waals surface area contributed by atoms with E-state index in [-0.39, 0.29) is 23.9 Å². The summed E-state index contributed by atoms with van der Waals surface area (Å²) in [6.45, 7) is 10.2. The summed E-state index contributed by atoms with van der Waals surface area (Å²) in [5, 5.41) is 0. The summed E-state index contributed by atoms with van der Waals surface area (Å²) in [6.07, 6.45) is 0.0266. The van der Waals surface area contributed by atoms with Gasteiger partial charge in [0.1, 0.15) is 24.9 Å². The molecule has 0 radical (unpaired) electrons. The number of ether oxygens (including phenoxy) is 2. The topological polar surface area (TPSA) is 69.7 Å². The van der Waals surface area contributed by atoms with E-state index in [0.29, 0.717) is 35.8 Å². The number of aryl methyl sites for hydroxylation is 3. The van der Waals surface area contributed by atoms with Crippen LogP contribution in [0.25, 0.3) is 0 Å². The maximum Gasteiger partial charge on any atom is 0.219 e. The Bertz CT molecular complexity index is 886. The summed E-state index contributed by atoms with van der Waals surface area (Å²) in [4.78, 5) is 25.6. The molecule has 0 saturated carbocycles. The minimum atomic E-state index is -2.62. The Morgan fingerprint density at radius 2 is 1.41 bits per heavy atom. The van der Waals surface area contributed by atoms with Crippen molar-refractivity contribution in [3.05, 3.63) is 58.1 Å². The van der Waals surface area contributed by atoms with E-state index in [1.165, 1.54) is 0 Å². The van der Waals surface area contributed by atoms with Crippen LogP contribution in [-0.4, -0.2) is 30.7 Å². The zero-order valence-electron chi connectivity index (χ0n) is 17.8. The van der Waals surface area contributed by atoms with Gasteiger partial charge in [-0.1, -0.05) is 23.8 Å². The van der Waals surface area contributed by atoms with E-state index < -0.39 is 7.80 Å². The summed E-state index contributed by atoms with van der Waals surface area (Å²) in [5.41, 5.74) is 3.19. The van der Waals surface area contributed by atoms with Crippen LogP contribution in [0.15, 0.2) is 30.3 Å². The van der Waals surface area contributed by atoms with Crippen molar-refractivity contribution in [2.45, 2.75) is 41.0 Å². The van der Waals surface area contributed by atoms with Gasteiger partial charge >= 0.3 is 0 Å². The third-order valence-corrected chi connectivity index (χ3v) is 6.06. The van der Waals surface area contributed by atoms with Crippen molar-refractivity contribution in [3.8, 4) is 11.5 Å². The zero-order valence-corrected chi connectivity index (χ0v) is 18.8. The molecule has 0 aromatic heterocycles. The van der Waals surface area contributed by atoms with Gasteiger partial charge in [0.25, 0.3) is 0 Å². The van der Waals surface area contributed by atoms with E-state index in [1.54, 1.807) is 18.2 Å². The van der Waals surface area contributed by atoms with Crippen LogP contribution in [-0.2, 0) is 4.57 Å². The van der Waals surface area contributed by atoms with Crippen LogP contribution >= 0.6 is 7.80 Å². The lowest BCUT2D eigenvalue weighted by Gasteiger charge is -2.14. The number of ketones is 1. The maximum absolute atomic E-state index is 12.9. The third-order valence-electron chi connectivity index (χ3n) is 4.60. The lowest BCUT2D eigenvalue weighted by Crippen LogP contribution is -2.09. The monoisotopic (exact) mass is 416 g/mol. The molecule has 1 atom stereocenters. The molecular weight excluding hydrogens is 387 g/mol. The fourth-order valence-electron chi connectivity index (χ4n) is 3.48. The van der Waals surface area contributed by atoms with Crippen molar-refractivity contribution >= 4 is 19.1 Å². The Labute approximate surface area is 173 Å². The number of carbonyl (C=O) groups is 2. The Kier molecular flexibility index (Phi) is 8.21. The minimum absolute atomic E-state index is 0.00233. The first-order valence-corrected chi connectivity index (χ1v) is 11.5. The SMILES string of the molecule is CCOc1cccc(OCC)c1C(=O)CC[PH](=O)C(=O)c1c(C)cc(C)cc1C. The number of carbonyl (C=O) groups excluding carboxylic acids is 2. The van der Waals surface area contributed by atoms with Gasteiger partial charge < -0.3 is 14.0 Å². The largest absolute Gasteiger partial charge is 0.493 e. The summed E-state index contributed by atoms with van der Waals surface area (Å²) in [5.74, 6) is 0.653. The molecule has 2 aromatic carbocycles. The van der Waals surface area contributed by atoms with Gasteiger partial charge in [-0.25, -0.2) is 0 Å². The molecule has 0 heterocycles. The summed E-state index contributed by atoms with van der Waals surface area (Å²) >= 11 is 0. The number of rotatable bonds is 10. The molecule has 2 rings (SSSR count). The predicted octanol–water partition coefficient (Wildman–Crippen LogP) is 5.38. The Morgan fingerprint density at radius 3 is 1.90 bits per heavy atom. The van der Waals surface area contributed by atoms with Crippen LogP contribution < -0.4 is 9.47 Å². The van der Waals surface area contributed by atoms with E-state index in [9.17, 15) is 14.2 Å². The predicted molar refractivity (Wildman–Crippen MR) is 117 cm³/mol. The summed E-state index contributed by atoms with van der Waals surface area (Å²) < 4.78 is 23.9. The molecular formula is C23H29O5P. The second kappa shape index (κ2) is 10.4. The number of Topliss-reactive ketones (excluding diaryl/α,β-unsaturated/α-hetero) is 1. The molecule has 0 aliphatic rings. The summed E-state index contributed by atoms with van der Waals surface area (Å²) in [7, 11) is -2.62. The standard InChI is InChI=1S/C23H29O5P/c1-6-27-19-9-8-10-20(28-7-2)22(19)18(24)11-12-29(26)23(25)21-16(4)13-15(3)14-17(21)5/h8-10,13-14,29H,6-7,11-12H2,1-5H3. The molecule has 0 aliphatic heterocycles. The Morgan fingerprint density at radius 1 is 0.897 bits per heavy atom. The van der Waals surface area contributed by atoms with E-state index in [4.69, 9.17) is 9.47 Å². The molecule has 6 heteroatoms. The van der Waals surface area contributed by atoms with E-state index in [1.807, 2.05) is 46.8 Å². The van der Waals surface area contributed by atoms with Crippen LogP contribution in [0.5, 0.6) is 11.5 Å². The summed E-state index contributed by atoms with van der Waals surface area (Å²) in [6, 6.07) is 9.02. The van der Waals surface area contributed by atoms with E-state index >= 15 is 0 Å². The third kappa shape index (κ3) is 5.57. The van der Waals surface area contributed by atoms with Gasteiger partial charge in [0, 0.05) is 18.1 Å². The molecule has 0 spiro atoms. The second-order valence-corrected chi connectivity index (χ2v) is 8.74. The first-order valence-electron chi connectivity index (χ1n) is 9.87. The highest BCUT2D eigenvalue weighted by molar-refractivity contribution is 7.64. The fraction of sp³-hybridized carbons (Fsp3) is 0.391. The molecule has 0 saturated heterocycles. The average Bonchev–Trinajstić information content (AvgIpc) is 2.65. The van der Waals surface area contributed by atoms with Gasteiger partial charge in [0.15, 0.2) is 5.78 Å². The Balaban J connectivity index is 2.19. The van der Waals surface area contributed by atoms with Crippen molar-refractivity contribution < 1.29 is 23.6 Å². The quantitative estimate of drug-likeness (QED) is 0.384. The van der Waals surface area contributed by atoms with Gasteiger partial charge in [0.2, 0.25) is 5.52 Å². The van der Waals surface area contributed by atoms with Crippen LogP contribution in [0.3, 0.4) is 0 Å². The van der Waals surface area contributed by atoms with Gasteiger partial charge in [-0.05, 0) is 57.9 Å². The first-order chi connectivity index (χ1) is 13.8. The molecule has 156 valence electrons. The number of hydrogen-bond acceptors (Lipinski definition) is 5. The fourth-order valence-corrected chi connectivity index (χ4v) is 4.83.